The van der Waals surface area contributed by atoms with E-state index >= 15 is 0 Å². The number of aryl methyl sites for hydroxylation is 1. The average molecular weight is 290 g/mol. The number of likely N-dealkylation sites (tertiary alicyclic amines) is 1. The molecule has 1 aromatic carbocycles. The molecule has 1 fully saturated rings. The lowest BCUT2D eigenvalue weighted by atomic mass is 10.0. The van der Waals surface area contributed by atoms with Crippen LogP contribution in [0.25, 0.3) is 0 Å². The van der Waals surface area contributed by atoms with E-state index in [2.05, 4.69) is 29.3 Å². The number of aliphatic hydroxyl groups excluding tert-OH is 1. The molecule has 21 heavy (non-hydrogen) atoms. The highest BCUT2D eigenvalue weighted by atomic mass is 16.3. The van der Waals surface area contributed by atoms with Crippen LogP contribution in [0.1, 0.15) is 24.5 Å². The minimum atomic E-state index is -0.279. The van der Waals surface area contributed by atoms with Crippen LogP contribution in [0.15, 0.2) is 24.3 Å². The van der Waals surface area contributed by atoms with Gasteiger partial charge in [-0.25, -0.2) is 0 Å². The smallest absolute Gasteiger partial charge is 0.234 e. The Morgan fingerprint density at radius 3 is 2.90 bits per heavy atom. The van der Waals surface area contributed by atoms with Crippen molar-refractivity contribution in [2.75, 3.05) is 26.2 Å². The summed E-state index contributed by atoms with van der Waals surface area (Å²) in [6.45, 7) is 6.77. The van der Waals surface area contributed by atoms with Crippen molar-refractivity contribution in [3.63, 3.8) is 0 Å². The summed E-state index contributed by atoms with van der Waals surface area (Å²) in [4.78, 5) is 14.1. The van der Waals surface area contributed by atoms with Gasteiger partial charge in [0.25, 0.3) is 0 Å². The van der Waals surface area contributed by atoms with Crippen LogP contribution in [-0.4, -0.2) is 48.2 Å². The quantitative estimate of drug-likeness (QED) is 0.832. The molecule has 2 atom stereocenters. The van der Waals surface area contributed by atoms with Gasteiger partial charge in [0.2, 0.25) is 5.91 Å². The van der Waals surface area contributed by atoms with E-state index in [-0.39, 0.29) is 12.0 Å². The summed E-state index contributed by atoms with van der Waals surface area (Å²) >= 11 is 0. The van der Waals surface area contributed by atoms with Crippen LogP contribution in [0.5, 0.6) is 0 Å². The molecule has 1 aliphatic heterocycles. The van der Waals surface area contributed by atoms with Gasteiger partial charge in [-0.3, -0.25) is 9.69 Å². The van der Waals surface area contributed by atoms with Crippen LogP contribution < -0.4 is 5.32 Å². The van der Waals surface area contributed by atoms with Crippen LogP contribution in [0.2, 0.25) is 0 Å². The predicted octanol–water partition coefficient (Wildman–Crippen LogP) is 1.36. The molecule has 0 bridgehead atoms. The Morgan fingerprint density at radius 2 is 2.24 bits per heavy atom. The summed E-state index contributed by atoms with van der Waals surface area (Å²) in [5.41, 5.74) is 2.55. The van der Waals surface area contributed by atoms with E-state index in [1.165, 1.54) is 11.1 Å². The van der Waals surface area contributed by atoms with Gasteiger partial charge in [-0.2, -0.15) is 0 Å². The van der Waals surface area contributed by atoms with E-state index in [4.69, 9.17) is 0 Å². The Kier molecular flexibility index (Phi) is 5.76. The molecule has 1 heterocycles. The van der Waals surface area contributed by atoms with Crippen molar-refractivity contribution < 1.29 is 9.90 Å². The van der Waals surface area contributed by atoms with Crippen molar-refractivity contribution in [1.29, 1.82) is 0 Å². The topological polar surface area (TPSA) is 52.6 Å². The zero-order valence-electron chi connectivity index (χ0n) is 13.0. The third kappa shape index (κ3) is 4.83. The number of aliphatic hydroxyl groups is 1. The van der Waals surface area contributed by atoms with Gasteiger partial charge < -0.3 is 10.4 Å². The highest BCUT2D eigenvalue weighted by molar-refractivity contribution is 5.78. The Balaban J connectivity index is 1.68. The van der Waals surface area contributed by atoms with Crippen LogP contribution >= 0.6 is 0 Å². The van der Waals surface area contributed by atoms with Gasteiger partial charge in [0, 0.05) is 13.1 Å². The standard InChI is InChI=1S/C17H26N2O2/c1-13-5-3-4-6-15(13)7-9-18-17(21)12-19-10-8-16(11-19)14(2)20/h3-6,14,16,20H,7-12H2,1-2H3,(H,18,21). The molecule has 1 aliphatic rings. The first-order valence-electron chi connectivity index (χ1n) is 7.78. The number of amides is 1. The Bertz CT molecular complexity index is 474. The van der Waals surface area contributed by atoms with E-state index in [9.17, 15) is 9.90 Å². The third-order valence-electron chi connectivity index (χ3n) is 4.34. The molecular weight excluding hydrogens is 264 g/mol. The number of hydrogen-bond donors (Lipinski definition) is 2. The monoisotopic (exact) mass is 290 g/mol. The molecule has 116 valence electrons. The molecule has 0 spiro atoms. The van der Waals surface area contributed by atoms with Gasteiger partial charge >= 0.3 is 0 Å². The fourth-order valence-electron chi connectivity index (χ4n) is 2.89. The van der Waals surface area contributed by atoms with E-state index in [1.807, 2.05) is 19.1 Å². The van der Waals surface area contributed by atoms with Gasteiger partial charge in [0.1, 0.15) is 0 Å². The number of hydrogen-bond acceptors (Lipinski definition) is 3. The summed E-state index contributed by atoms with van der Waals surface area (Å²) in [7, 11) is 0. The van der Waals surface area contributed by atoms with E-state index < -0.39 is 0 Å². The summed E-state index contributed by atoms with van der Waals surface area (Å²) in [5.74, 6) is 0.389. The molecule has 4 heteroatoms. The highest BCUT2D eigenvalue weighted by Gasteiger charge is 2.26. The summed E-state index contributed by atoms with van der Waals surface area (Å²) in [6.07, 6.45) is 1.57. The zero-order valence-corrected chi connectivity index (χ0v) is 13.0. The molecule has 0 saturated carbocycles. The first-order chi connectivity index (χ1) is 10.1. The van der Waals surface area contributed by atoms with Gasteiger partial charge in [0.15, 0.2) is 0 Å². The maximum atomic E-state index is 11.9. The normalized spacial score (nSPS) is 20.4. The van der Waals surface area contributed by atoms with Crippen LogP contribution in [0.4, 0.5) is 0 Å². The van der Waals surface area contributed by atoms with Gasteiger partial charge in [-0.1, -0.05) is 24.3 Å². The maximum absolute atomic E-state index is 11.9. The van der Waals surface area contributed by atoms with Crippen molar-refractivity contribution in [3.05, 3.63) is 35.4 Å². The second-order valence-electron chi connectivity index (χ2n) is 6.05. The third-order valence-corrected chi connectivity index (χ3v) is 4.34. The first kappa shape index (κ1) is 16.0. The Labute approximate surface area is 127 Å². The zero-order chi connectivity index (χ0) is 15.2. The lowest BCUT2D eigenvalue weighted by Gasteiger charge is -2.17. The number of carbonyl (C=O) groups excluding carboxylic acids is 1. The van der Waals surface area contributed by atoms with Crippen molar-refractivity contribution in [2.45, 2.75) is 32.8 Å². The lowest BCUT2D eigenvalue weighted by Crippen LogP contribution is -2.37. The molecule has 0 radical (unpaired) electrons. The summed E-state index contributed by atoms with van der Waals surface area (Å²) < 4.78 is 0. The van der Waals surface area contributed by atoms with E-state index in [1.54, 1.807) is 0 Å². The molecule has 1 amide bonds. The Morgan fingerprint density at radius 1 is 1.48 bits per heavy atom. The molecule has 0 aliphatic carbocycles. The fraction of sp³-hybridized carbons (Fsp3) is 0.588. The second-order valence-corrected chi connectivity index (χ2v) is 6.05. The number of carbonyl (C=O) groups is 1. The van der Waals surface area contributed by atoms with E-state index in [0.717, 1.165) is 25.9 Å². The number of nitrogens with zero attached hydrogens (tertiary/aromatic N) is 1. The molecule has 4 nitrogen and oxygen atoms in total. The summed E-state index contributed by atoms with van der Waals surface area (Å²) in [5, 5.41) is 12.6. The molecule has 2 rings (SSSR count). The maximum Gasteiger partial charge on any atom is 0.234 e. The van der Waals surface area contributed by atoms with Crippen LogP contribution in [-0.2, 0) is 11.2 Å². The van der Waals surface area contributed by atoms with Crippen molar-refractivity contribution in [3.8, 4) is 0 Å². The Hall–Kier alpha value is -1.39. The average Bonchev–Trinajstić information content (AvgIpc) is 2.89. The molecule has 2 unspecified atom stereocenters. The number of nitrogens with one attached hydrogen (secondary N) is 1. The second kappa shape index (κ2) is 7.57. The van der Waals surface area contributed by atoms with Gasteiger partial charge in [-0.15, -0.1) is 0 Å². The van der Waals surface area contributed by atoms with Crippen molar-refractivity contribution in [1.82, 2.24) is 10.2 Å². The first-order valence-corrected chi connectivity index (χ1v) is 7.78. The summed E-state index contributed by atoms with van der Waals surface area (Å²) in [6, 6.07) is 8.26. The van der Waals surface area contributed by atoms with Crippen LogP contribution in [0, 0.1) is 12.8 Å². The van der Waals surface area contributed by atoms with Crippen molar-refractivity contribution >= 4 is 5.91 Å². The number of benzene rings is 1. The molecule has 2 N–H and O–H groups in total. The van der Waals surface area contributed by atoms with Gasteiger partial charge in [0.05, 0.1) is 12.6 Å². The predicted molar refractivity (Wildman–Crippen MR) is 84.1 cm³/mol. The minimum Gasteiger partial charge on any atom is -0.393 e. The van der Waals surface area contributed by atoms with Crippen LogP contribution in [0.3, 0.4) is 0 Å². The molecular formula is C17H26N2O2. The molecule has 0 aromatic heterocycles. The molecule has 1 aromatic rings. The van der Waals surface area contributed by atoms with Gasteiger partial charge in [-0.05, 0) is 50.3 Å². The largest absolute Gasteiger partial charge is 0.393 e. The van der Waals surface area contributed by atoms with Crippen molar-refractivity contribution in [2.24, 2.45) is 5.92 Å². The lowest BCUT2D eigenvalue weighted by molar-refractivity contribution is -0.122. The molecule has 1 saturated heterocycles. The van der Waals surface area contributed by atoms with E-state index in [0.29, 0.717) is 19.0 Å². The number of rotatable bonds is 6. The minimum absolute atomic E-state index is 0.0785. The highest BCUT2D eigenvalue weighted by Crippen LogP contribution is 2.18. The fourth-order valence-corrected chi connectivity index (χ4v) is 2.89. The SMILES string of the molecule is Cc1ccccc1CCNC(=O)CN1CCC(C(C)O)C1.